The minimum absolute atomic E-state index is 0.144. The van der Waals surface area contributed by atoms with Gasteiger partial charge in [0, 0.05) is 46.4 Å². The number of anilines is 1. The number of fused-ring (bicyclic) bond motifs is 2. The topological polar surface area (TPSA) is 59.3 Å². The van der Waals surface area contributed by atoms with Crippen LogP contribution in [0.5, 0.6) is 0 Å². The second-order valence-corrected chi connectivity index (χ2v) is 5.96. The fourth-order valence-electron chi connectivity index (χ4n) is 2.46. The number of para-hydroxylation sites is 1. The van der Waals surface area contributed by atoms with Gasteiger partial charge in [-0.25, -0.2) is 0 Å². The van der Waals surface area contributed by atoms with Crippen molar-refractivity contribution in [2.45, 2.75) is 6.42 Å². The highest BCUT2D eigenvalue weighted by Gasteiger charge is 2.19. The van der Waals surface area contributed by atoms with E-state index in [2.05, 4.69) is 33.3 Å². The third-order valence-electron chi connectivity index (χ3n) is 3.63. The van der Waals surface area contributed by atoms with E-state index in [-0.39, 0.29) is 10.6 Å². The number of hydrogen-bond donors (Lipinski definition) is 0. The van der Waals surface area contributed by atoms with Crippen LogP contribution in [-0.2, 0) is 6.42 Å². The summed E-state index contributed by atoms with van der Waals surface area (Å²) >= 11 is 3.33. The van der Waals surface area contributed by atoms with Gasteiger partial charge in [-0.15, -0.1) is 0 Å². The highest BCUT2D eigenvalue weighted by atomic mass is 79.9. The van der Waals surface area contributed by atoms with E-state index in [1.54, 1.807) is 12.1 Å². The first-order chi connectivity index (χ1) is 11.1. The van der Waals surface area contributed by atoms with Crippen LogP contribution < -0.4 is 3.93 Å². The SMILES string of the molecule is O=[N+]([O-])c1ccc2c(c1)N(Br)CC2.c1ccc2ncccc2c1. The molecule has 0 N–H and O–H groups in total. The van der Waals surface area contributed by atoms with Gasteiger partial charge in [0.2, 0.25) is 0 Å². The van der Waals surface area contributed by atoms with Crippen molar-refractivity contribution in [1.29, 1.82) is 0 Å². The number of nitro benzene ring substituents is 1. The van der Waals surface area contributed by atoms with E-state index in [1.807, 2.05) is 40.5 Å². The molecule has 0 saturated carbocycles. The molecule has 23 heavy (non-hydrogen) atoms. The first kappa shape index (κ1) is 15.4. The minimum atomic E-state index is -0.376. The quantitative estimate of drug-likeness (QED) is 0.359. The molecular formula is C17H14BrN3O2. The zero-order valence-electron chi connectivity index (χ0n) is 12.2. The standard InChI is InChI=1S/C9H7N.C8H7BrN2O2/c1-2-6-9-8(4-1)5-3-7-10-9;9-10-4-3-6-1-2-7(11(12)13)5-8(6)10/h1-7H;1-2,5H,3-4H2. The zero-order chi connectivity index (χ0) is 16.2. The number of hydrogen-bond acceptors (Lipinski definition) is 4. The van der Waals surface area contributed by atoms with E-state index >= 15 is 0 Å². The van der Waals surface area contributed by atoms with Crippen molar-refractivity contribution in [1.82, 2.24) is 4.98 Å². The van der Waals surface area contributed by atoms with Gasteiger partial charge in [-0.05, 0) is 24.1 Å². The van der Waals surface area contributed by atoms with Gasteiger partial charge in [0.25, 0.3) is 5.69 Å². The highest BCUT2D eigenvalue weighted by molar-refractivity contribution is 9.10. The molecule has 2 heterocycles. The summed E-state index contributed by atoms with van der Waals surface area (Å²) in [5.74, 6) is 0. The van der Waals surface area contributed by atoms with E-state index in [9.17, 15) is 10.1 Å². The Labute approximate surface area is 142 Å². The van der Waals surface area contributed by atoms with E-state index in [4.69, 9.17) is 0 Å². The molecule has 0 spiro atoms. The van der Waals surface area contributed by atoms with Crippen molar-refractivity contribution in [3.63, 3.8) is 0 Å². The number of pyridine rings is 1. The largest absolute Gasteiger partial charge is 0.308 e. The molecule has 0 bridgehead atoms. The summed E-state index contributed by atoms with van der Waals surface area (Å²) in [6.45, 7) is 0.872. The van der Waals surface area contributed by atoms with Gasteiger partial charge in [0.15, 0.2) is 0 Å². The molecule has 6 heteroatoms. The fourth-order valence-corrected chi connectivity index (χ4v) is 2.97. The van der Waals surface area contributed by atoms with Crippen LogP contribution in [0, 0.1) is 10.1 Å². The number of benzene rings is 2. The normalized spacial score (nSPS) is 12.5. The predicted octanol–water partition coefficient (Wildman–Crippen LogP) is 4.50. The maximum Gasteiger partial charge on any atom is 0.271 e. The Morgan fingerprint density at radius 3 is 2.70 bits per heavy atom. The maximum absolute atomic E-state index is 10.5. The van der Waals surface area contributed by atoms with Crippen LogP contribution in [0.4, 0.5) is 11.4 Å². The number of aromatic nitrogens is 1. The molecule has 1 aliphatic rings. The first-order valence-corrected chi connectivity index (χ1v) is 7.86. The maximum atomic E-state index is 10.5. The molecule has 0 aliphatic carbocycles. The van der Waals surface area contributed by atoms with Crippen LogP contribution >= 0.6 is 16.1 Å². The molecule has 3 aromatic rings. The minimum Gasteiger partial charge on any atom is -0.308 e. The van der Waals surface area contributed by atoms with Crippen molar-refractivity contribution >= 4 is 38.4 Å². The third kappa shape index (κ3) is 3.48. The summed E-state index contributed by atoms with van der Waals surface area (Å²) in [5, 5.41) is 11.7. The molecule has 1 aromatic heterocycles. The number of nitrogens with zero attached hydrogens (tertiary/aromatic N) is 3. The molecular weight excluding hydrogens is 358 g/mol. The average molecular weight is 372 g/mol. The number of rotatable bonds is 1. The van der Waals surface area contributed by atoms with Crippen LogP contribution in [0.1, 0.15) is 5.56 Å². The first-order valence-electron chi connectivity index (χ1n) is 7.15. The van der Waals surface area contributed by atoms with Gasteiger partial charge in [-0.2, -0.15) is 0 Å². The number of halogens is 1. The number of nitro groups is 1. The summed E-state index contributed by atoms with van der Waals surface area (Å²) in [7, 11) is 0. The predicted molar refractivity (Wildman–Crippen MR) is 94.8 cm³/mol. The Kier molecular flexibility index (Phi) is 4.52. The Bertz CT molecular complexity index is 789. The molecule has 116 valence electrons. The van der Waals surface area contributed by atoms with Crippen LogP contribution in [0.2, 0.25) is 0 Å². The summed E-state index contributed by atoms with van der Waals surface area (Å²) in [6, 6.07) is 17.0. The second-order valence-electron chi connectivity index (χ2n) is 5.10. The third-order valence-corrected chi connectivity index (χ3v) is 4.37. The molecule has 0 saturated heterocycles. The van der Waals surface area contributed by atoms with Crippen LogP contribution in [0.3, 0.4) is 0 Å². The summed E-state index contributed by atoms with van der Waals surface area (Å²) in [4.78, 5) is 14.3. The van der Waals surface area contributed by atoms with E-state index in [0.717, 1.165) is 29.7 Å². The molecule has 0 radical (unpaired) electrons. The summed E-state index contributed by atoms with van der Waals surface area (Å²) < 4.78 is 1.86. The van der Waals surface area contributed by atoms with Crippen molar-refractivity contribution < 1.29 is 4.92 Å². The summed E-state index contributed by atoms with van der Waals surface area (Å²) in [6.07, 6.45) is 2.75. The second kappa shape index (κ2) is 6.75. The van der Waals surface area contributed by atoms with Gasteiger partial charge in [-0.1, -0.05) is 30.3 Å². The number of non-ortho nitro benzene ring substituents is 1. The smallest absolute Gasteiger partial charge is 0.271 e. The average Bonchev–Trinajstić information content (AvgIpc) is 2.96. The molecule has 4 rings (SSSR count). The van der Waals surface area contributed by atoms with Crippen molar-refractivity contribution in [2.24, 2.45) is 0 Å². The fraction of sp³-hybridized carbons (Fsp3) is 0.118. The lowest BCUT2D eigenvalue weighted by Crippen LogP contribution is -2.03. The monoisotopic (exact) mass is 371 g/mol. The molecule has 0 amide bonds. The van der Waals surface area contributed by atoms with Gasteiger partial charge in [0.05, 0.1) is 16.1 Å². The lowest BCUT2D eigenvalue weighted by Gasteiger charge is -2.07. The van der Waals surface area contributed by atoms with Gasteiger partial charge in [0.1, 0.15) is 0 Å². The van der Waals surface area contributed by atoms with E-state index < -0.39 is 0 Å². The van der Waals surface area contributed by atoms with Gasteiger partial charge in [-0.3, -0.25) is 15.1 Å². The van der Waals surface area contributed by atoms with Gasteiger partial charge < -0.3 is 3.93 Å². The van der Waals surface area contributed by atoms with E-state index in [0.29, 0.717) is 0 Å². The molecule has 0 atom stereocenters. The molecule has 5 nitrogen and oxygen atoms in total. The van der Waals surface area contributed by atoms with Crippen molar-refractivity contribution in [3.8, 4) is 0 Å². The van der Waals surface area contributed by atoms with Crippen LogP contribution in [0.25, 0.3) is 10.9 Å². The van der Waals surface area contributed by atoms with Crippen molar-refractivity contribution in [3.05, 3.63) is 76.5 Å². The molecule has 1 aliphatic heterocycles. The Morgan fingerprint density at radius 1 is 1.13 bits per heavy atom. The summed E-state index contributed by atoms with van der Waals surface area (Å²) in [5.41, 5.74) is 3.27. The van der Waals surface area contributed by atoms with E-state index in [1.165, 1.54) is 5.39 Å². The zero-order valence-corrected chi connectivity index (χ0v) is 13.8. The van der Waals surface area contributed by atoms with Crippen LogP contribution in [0.15, 0.2) is 60.8 Å². The molecule has 0 fully saturated rings. The lowest BCUT2D eigenvalue weighted by molar-refractivity contribution is -0.384. The Morgan fingerprint density at radius 2 is 1.91 bits per heavy atom. The Balaban J connectivity index is 0.000000140. The van der Waals surface area contributed by atoms with Crippen molar-refractivity contribution in [2.75, 3.05) is 10.5 Å². The molecule has 0 unspecified atom stereocenters. The highest BCUT2D eigenvalue weighted by Crippen LogP contribution is 2.33. The molecule has 2 aromatic carbocycles. The van der Waals surface area contributed by atoms with Crippen LogP contribution in [-0.4, -0.2) is 16.5 Å². The van der Waals surface area contributed by atoms with Gasteiger partial charge >= 0.3 is 0 Å². The lowest BCUT2D eigenvalue weighted by atomic mass is 10.1. The Hall–Kier alpha value is -2.47.